The van der Waals surface area contributed by atoms with Crippen LogP contribution in [0.15, 0.2) is 24.3 Å². The second-order valence-corrected chi connectivity index (χ2v) is 3.32. The number of amides is 1. The zero-order valence-corrected chi connectivity index (χ0v) is 9.29. The van der Waals surface area contributed by atoms with Crippen LogP contribution in [0.1, 0.15) is 18.9 Å². The molecular weight excluding hydrogens is 202 g/mol. The largest absolute Gasteiger partial charge is 0.385 e. The molecule has 2 N–H and O–H groups in total. The van der Waals surface area contributed by atoms with Crippen LogP contribution in [0.4, 0.5) is 5.69 Å². The molecule has 0 aliphatic heterocycles. The second-order valence-electron chi connectivity index (χ2n) is 3.32. The molecule has 0 spiro atoms. The number of anilines is 1. The lowest BCUT2D eigenvalue weighted by Crippen LogP contribution is -2.24. The Labute approximate surface area is 95.3 Å². The molecule has 0 aliphatic rings. The van der Waals surface area contributed by atoms with E-state index in [0.29, 0.717) is 25.1 Å². The molecule has 0 radical (unpaired) electrons. The van der Waals surface area contributed by atoms with Crippen LogP contribution in [-0.4, -0.2) is 19.0 Å². The van der Waals surface area contributed by atoms with Crippen molar-refractivity contribution in [2.45, 2.75) is 13.3 Å². The van der Waals surface area contributed by atoms with Crippen LogP contribution in [-0.2, 0) is 4.79 Å². The van der Waals surface area contributed by atoms with Crippen molar-refractivity contribution < 1.29 is 4.79 Å². The van der Waals surface area contributed by atoms with Gasteiger partial charge in [0.1, 0.15) is 0 Å². The van der Waals surface area contributed by atoms with Gasteiger partial charge in [0.25, 0.3) is 0 Å². The zero-order chi connectivity index (χ0) is 11.8. The van der Waals surface area contributed by atoms with E-state index in [1.54, 1.807) is 12.1 Å². The van der Waals surface area contributed by atoms with E-state index in [2.05, 4.69) is 16.7 Å². The van der Waals surface area contributed by atoms with Crippen LogP contribution >= 0.6 is 0 Å². The molecule has 4 heteroatoms. The van der Waals surface area contributed by atoms with Gasteiger partial charge in [-0.2, -0.15) is 5.26 Å². The minimum absolute atomic E-state index is 0.0450. The summed E-state index contributed by atoms with van der Waals surface area (Å²) in [5, 5.41) is 14.5. The first-order chi connectivity index (χ1) is 7.76. The van der Waals surface area contributed by atoms with Crippen LogP contribution in [0.2, 0.25) is 0 Å². The number of benzene rings is 1. The van der Waals surface area contributed by atoms with Gasteiger partial charge in [0, 0.05) is 25.2 Å². The molecule has 0 saturated carbocycles. The Morgan fingerprint density at radius 2 is 2.06 bits per heavy atom. The van der Waals surface area contributed by atoms with E-state index in [9.17, 15) is 4.79 Å². The maximum absolute atomic E-state index is 11.1. The van der Waals surface area contributed by atoms with Crippen molar-refractivity contribution >= 4 is 11.6 Å². The van der Waals surface area contributed by atoms with Crippen molar-refractivity contribution in [1.82, 2.24) is 5.32 Å². The van der Waals surface area contributed by atoms with Crippen molar-refractivity contribution in [3.8, 4) is 6.07 Å². The average molecular weight is 217 g/mol. The normalized spacial score (nSPS) is 9.25. The lowest BCUT2D eigenvalue weighted by atomic mass is 10.2. The lowest BCUT2D eigenvalue weighted by Gasteiger charge is -2.06. The molecule has 84 valence electrons. The fraction of sp³-hybridized carbons (Fsp3) is 0.333. The number of carbonyl (C=O) groups excluding carboxylic acids is 1. The molecule has 0 aromatic heterocycles. The Bertz CT molecular complexity index is 378. The zero-order valence-electron chi connectivity index (χ0n) is 9.29. The number of hydrogen-bond acceptors (Lipinski definition) is 3. The number of nitriles is 1. The first-order valence-corrected chi connectivity index (χ1v) is 5.27. The summed E-state index contributed by atoms with van der Waals surface area (Å²) in [6.45, 7) is 3.15. The molecular formula is C12H15N3O. The number of rotatable bonds is 5. The molecule has 0 fully saturated rings. The lowest BCUT2D eigenvalue weighted by molar-refractivity contribution is -0.120. The third kappa shape index (κ3) is 4.01. The van der Waals surface area contributed by atoms with Crippen LogP contribution in [0.3, 0.4) is 0 Å². The summed E-state index contributed by atoms with van der Waals surface area (Å²) >= 11 is 0. The van der Waals surface area contributed by atoms with Crippen molar-refractivity contribution in [3.63, 3.8) is 0 Å². The van der Waals surface area contributed by atoms with E-state index < -0.39 is 0 Å². The molecule has 16 heavy (non-hydrogen) atoms. The number of nitrogens with one attached hydrogen (secondary N) is 2. The highest BCUT2D eigenvalue weighted by atomic mass is 16.1. The minimum atomic E-state index is 0.0450. The van der Waals surface area contributed by atoms with Crippen molar-refractivity contribution in [2.24, 2.45) is 0 Å². The van der Waals surface area contributed by atoms with Gasteiger partial charge >= 0.3 is 0 Å². The summed E-state index contributed by atoms with van der Waals surface area (Å²) in [5.74, 6) is 0.0450. The summed E-state index contributed by atoms with van der Waals surface area (Å²) in [6, 6.07) is 9.20. The minimum Gasteiger partial charge on any atom is -0.385 e. The predicted octanol–water partition coefficient (Wildman–Crippen LogP) is 1.50. The van der Waals surface area contributed by atoms with Crippen molar-refractivity contribution in [3.05, 3.63) is 29.8 Å². The molecule has 4 nitrogen and oxygen atoms in total. The van der Waals surface area contributed by atoms with Crippen LogP contribution in [0.25, 0.3) is 0 Å². The third-order valence-corrected chi connectivity index (χ3v) is 2.07. The highest BCUT2D eigenvalue weighted by Gasteiger charge is 1.98. The molecule has 0 aliphatic carbocycles. The van der Waals surface area contributed by atoms with Crippen LogP contribution < -0.4 is 10.6 Å². The van der Waals surface area contributed by atoms with Gasteiger partial charge in [0.05, 0.1) is 11.6 Å². The SMILES string of the molecule is CCNC(=O)CCNc1ccc(C#N)cc1. The molecule has 0 bridgehead atoms. The Morgan fingerprint density at radius 3 is 2.62 bits per heavy atom. The van der Waals surface area contributed by atoms with Gasteiger partial charge in [-0.1, -0.05) is 0 Å². The molecule has 0 saturated heterocycles. The summed E-state index contributed by atoms with van der Waals surface area (Å²) < 4.78 is 0. The van der Waals surface area contributed by atoms with Gasteiger partial charge in [-0.25, -0.2) is 0 Å². The van der Waals surface area contributed by atoms with Gasteiger partial charge in [-0.15, -0.1) is 0 Å². The first kappa shape index (κ1) is 12.1. The molecule has 0 heterocycles. The summed E-state index contributed by atoms with van der Waals surface area (Å²) in [6.07, 6.45) is 0.452. The highest BCUT2D eigenvalue weighted by Crippen LogP contribution is 2.08. The van der Waals surface area contributed by atoms with Crippen LogP contribution in [0.5, 0.6) is 0 Å². The maximum Gasteiger partial charge on any atom is 0.221 e. The van der Waals surface area contributed by atoms with Gasteiger partial charge in [0.15, 0.2) is 0 Å². The van der Waals surface area contributed by atoms with Crippen molar-refractivity contribution in [1.29, 1.82) is 5.26 Å². The number of hydrogen-bond donors (Lipinski definition) is 2. The van der Waals surface area contributed by atoms with E-state index in [1.807, 2.05) is 19.1 Å². The van der Waals surface area contributed by atoms with E-state index in [1.165, 1.54) is 0 Å². The van der Waals surface area contributed by atoms with E-state index in [-0.39, 0.29) is 5.91 Å². The fourth-order valence-corrected chi connectivity index (χ4v) is 1.27. The van der Waals surface area contributed by atoms with Gasteiger partial charge in [-0.05, 0) is 31.2 Å². The smallest absolute Gasteiger partial charge is 0.221 e. The van der Waals surface area contributed by atoms with E-state index in [4.69, 9.17) is 5.26 Å². The number of carbonyl (C=O) groups is 1. The molecule has 1 rings (SSSR count). The Kier molecular flexibility index (Phi) is 4.87. The summed E-state index contributed by atoms with van der Waals surface area (Å²) in [4.78, 5) is 11.1. The average Bonchev–Trinajstić information content (AvgIpc) is 2.30. The fourth-order valence-electron chi connectivity index (χ4n) is 1.27. The van der Waals surface area contributed by atoms with E-state index in [0.717, 1.165) is 5.69 Å². The standard InChI is InChI=1S/C12H15N3O/c1-2-14-12(16)7-8-15-11-5-3-10(9-13)4-6-11/h3-6,15H,2,7-8H2,1H3,(H,14,16). The molecule has 1 amide bonds. The van der Waals surface area contributed by atoms with E-state index >= 15 is 0 Å². The summed E-state index contributed by atoms with van der Waals surface area (Å²) in [7, 11) is 0. The molecule has 0 unspecified atom stereocenters. The maximum atomic E-state index is 11.1. The third-order valence-electron chi connectivity index (χ3n) is 2.07. The predicted molar refractivity (Wildman–Crippen MR) is 62.9 cm³/mol. The van der Waals surface area contributed by atoms with Gasteiger partial charge < -0.3 is 10.6 Å². The van der Waals surface area contributed by atoms with Crippen molar-refractivity contribution in [2.75, 3.05) is 18.4 Å². The Balaban J connectivity index is 2.32. The summed E-state index contributed by atoms with van der Waals surface area (Å²) in [5.41, 5.74) is 1.55. The highest BCUT2D eigenvalue weighted by molar-refractivity contribution is 5.76. The first-order valence-electron chi connectivity index (χ1n) is 5.27. The topological polar surface area (TPSA) is 64.9 Å². The molecule has 0 atom stereocenters. The monoisotopic (exact) mass is 217 g/mol. The van der Waals surface area contributed by atoms with Gasteiger partial charge in [-0.3, -0.25) is 4.79 Å². The molecule has 1 aromatic carbocycles. The van der Waals surface area contributed by atoms with Gasteiger partial charge in [0.2, 0.25) is 5.91 Å². The quantitative estimate of drug-likeness (QED) is 0.785. The van der Waals surface area contributed by atoms with Crippen LogP contribution in [0, 0.1) is 11.3 Å². The Morgan fingerprint density at radius 1 is 1.38 bits per heavy atom. The second kappa shape index (κ2) is 6.46. The Hall–Kier alpha value is -2.02. The number of nitrogens with zero attached hydrogens (tertiary/aromatic N) is 1. The molecule has 1 aromatic rings.